The van der Waals surface area contributed by atoms with Gasteiger partial charge in [-0.3, -0.25) is 0 Å². The highest BCUT2D eigenvalue weighted by molar-refractivity contribution is 7.90. The summed E-state index contributed by atoms with van der Waals surface area (Å²) in [5.41, 5.74) is 1.65. The summed E-state index contributed by atoms with van der Waals surface area (Å²) in [7, 11) is -0.873. The lowest BCUT2D eigenvalue weighted by Gasteiger charge is -2.15. The summed E-state index contributed by atoms with van der Waals surface area (Å²) in [6.07, 6.45) is 1.09. The largest absolute Gasteiger partial charge is 0.491 e. The van der Waals surface area contributed by atoms with Crippen LogP contribution in [-0.2, 0) is 16.4 Å². The number of aromatic nitrogens is 1. The molecule has 0 aliphatic rings. The van der Waals surface area contributed by atoms with E-state index < -0.39 is 27.2 Å². The quantitative estimate of drug-likeness (QED) is 0.637. The van der Waals surface area contributed by atoms with E-state index in [-0.39, 0.29) is 28.6 Å². The molecule has 0 atom stereocenters. The lowest BCUT2D eigenvalue weighted by atomic mass is 9.97. The van der Waals surface area contributed by atoms with Gasteiger partial charge in [0.2, 0.25) is 5.88 Å². The van der Waals surface area contributed by atoms with Crippen LogP contribution < -0.4 is 9.47 Å². The van der Waals surface area contributed by atoms with Crippen LogP contribution in [-0.4, -0.2) is 39.0 Å². The molecule has 9 heteroatoms. The average molecular weight is 435 g/mol. The van der Waals surface area contributed by atoms with Gasteiger partial charge in [-0.25, -0.2) is 22.2 Å². The molecule has 0 radical (unpaired) electrons. The van der Waals surface area contributed by atoms with Gasteiger partial charge in [-0.1, -0.05) is 12.1 Å². The zero-order valence-corrected chi connectivity index (χ0v) is 17.3. The Bertz CT molecular complexity index is 1170. The Morgan fingerprint density at radius 1 is 0.967 bits per heavy atom. The predicted octanol–water partition coefficient (Wildman–Crippen LogP) is 3.61. The summed E-state index contributed by atoms with van der Waals surface area (Å²) in [6.45, 7) is -0.379. The Hall–Kier alpha value is -3.04. The monoisotopic (exact) mass is 435 g/mol. The molecule has 0 aliphatic carbocycles. The summed E-state index contributed by atoms with van der Waals surface area (Å²) >= 11 is 0. The minimum atomic E-state index is -3.40. The molecule has 2 aromatic carbocycles. The average Bonchev–Trinajstić information content (AvgIpc) is 2.72. The second-order valence-electron chi connectivity index (χ2n) is 6.48. The summed E-state index contributed by atoms with van der Waals surface area (Å²) in [5.74, 6) is -2.23. The second kappa shape index (κ2) is 8.37. The number of rotatable bonds is 6. The van der Waals surface area contributed by atoms with E-state index in [2.05, 4.69) is 4.98 Å². The Balaban J connectivity index is 2.27. The van der Waals surface area contributed by atoms with Crippen LogP contribution in [0.2, 0.25) is 0 Å². The molecule has 0 fully saturated rings. The van der Waals surface area contributed by atoms with E-state index in [9.17, 15) is 22.3 Å². The zero-order valence-electron chi connectivity index (χ0n) is 16.4. The number of aliphatic hydroxyl groups is 1. The fourth-order valence-corrected chi connectivity index (χ4v) is 3.67. The van der Waals surface area contributed by atoms with Crippen LogP contribution in [0.1, 0.15) is 5.56 Å². The van der Waals surface area contributed by atoms with Crippen molar-refractivity contribution in [3.05, 3.63) is 59.7 Å². The van der Waals surface area contributed by atoms with Crippen LogP contribution in [0.3, 0.4) is 0 Å². The lowest BCUT2D eigenvalue weighted by Crippen LogP contribution is -2.01. The van der Waals surface area contributed by atoms with Crippen molar-refractivity contribution in [2.45, 2.75) is 11.5 Å². The van der Waals surface area contributed by atoms with Crippen LogP contribution in [0.25, 0.3) is 22.4 Å². The number of sulfone groups is 1. The van der Waals surface area contributed by atoms with E-state index in [1.54, 1.807) is 18.2 Å². The van der Waals surface area contributed by atoms with Gasteiger partial charge in [-0.15, -0.1) is 0 Å². The highest BCUT2D eigenvalue weighted by atomic mass is 32.2. The first kappa shape index (κ1) is 21.7. The van der Waals surface area contributed by atoms with E-state index in [0.717, 1.165) is 25.5 Å². The molecule has 1 aromatic heterocycles. The lowest BCUT2D eigenvalue weighted by molar-refractivity contribution is 0.271. The number of ether oxygens (including phenoxy) is 2. The maximum atomic E-state index is 14.3. The van der Waals surface area contributed by atoms with Crippen LogP contribution in [0.15, 0.2) is 47.4 Å². The molecule has 0 aliphatic heterocycles. The molecule has 0 saturated heterocycles. The van der Waals surface area contributed by atoms with Gasteiger partial charge in [-0.2, -0.15) is 0 Å². The van der Waals surface area contributed by atoms with Crippen molar-refractivity contribution < 1.29 is 31.8 Å². The molecule has 0 unspecified atom stereocenters. The van der Waals surface area contributed by atoms with Crippen molar-refractivity contribution in [1.29, 1.82) is 0 Å². The first-order chi connectivity index (χ1) is 14.2. The maximum absolute atomic E-state index is 14.3. The van der Waals surface area contributed by atoms with Crippen molar-refractivity contribution in [3.63, 3.8) is 0 Å². The molecule has 6 nitrogen and oxygen atoms in total. The Labute approximate surface area is 172 Å². The first-order valence-electron chi connectivity index (χ1n) is 8.72. The third-order valence-electron chi connectivity index (χ3n) is 4.49. The van der Waals surface area contributed by atoms with Gasteiger partial charge in [0.15, 0.2) is 27.2 Å². The van der Waals surface area contributed by atoms with Gasteiger partial charge in [0, 0.05) is 22.9 Å². The summed E-state index contributed by atoms with van der Waals surface area (Å²) in [4.78, 5) is 4.47. The van der Waals surface area contributed by atoms with Crippen molar-refractivity contribution in [2.75, 3.05) is 20.5 Å². The third-order valence-corrected chi connectivity index (χ3v) is 5.62. The summed E-state index contributed by atoms with van der Waals surface area (Å²) < 4.78 is 62.0. The van der Waals surface area contributed by atoms with Gasteiger partial charge in [-0.05, 0) is 35.9 Å². The molecule has 0 saturated carbocycles. The minimum absolute atomic E-state index is 0.0978. The minimum Gasteiger partial charge on any atom is -0.491 e. The molecule has 3 rings (SSSR count). The molecule has 30 heavy (non-hydrogen) atoms. The third kappa shape index (κ3) is 4.12. The highest BCUT2D eigenvalue weighted by Gasteiger charge is 2.19. The van der Waals surface area contributed by atoms with Gasteiger partial charge >= 0.3 is 0 Å². The smallest absolute Gasteiger partial charge is 0.219 e. The number of hydrogen-bond donors (Lipinski definition) is 1. The van der Waals surface area contributed by atoms with Crippen molar-refractivity contribution >= 4 is 9.84 Å². The van der Waals surface area contributed by atoms with Crippen LogP contribution >= 0.6 is 0 Å². The fourth-order valence-electron chi connectivity index (χ4n) is 3.04. The van der Waals surface area contributed by atoms with Crippen LogP contribution in [0.4, 0.5) is 8.78 Å². The second-order valence-corrected chi connectivity index (χ2v) is 8.50. The molecule has 3 aromatic rings. The molecule has 1 heterocycles. The topological polar surface area (TPSA) is 85.7 Å². The van der Waals surface area contributed by atoms with Gasteiger partial charge in [0.25, 0.3) is 0 Å². The standard InChI is InChI=1S/C21H19F2NO5S/c1-28-20-17(22)9-13(10-18(20)23)19-16(8-14(11-25)21(24-19)29-2)12-4-6-15(7-5-12)30(3,26)27/h4-10,25H,11H2,1-3H3. The molecule has 0 amide bonds. The van der Waals surface area contributed by atoms with Crippen LogP contribution in [0, 0.1) is 11.6 Å². The Kier molecular flexibility index (Phi) is 6.04. The molecule has 0 bridgehead atoms. The van der Waals surface area contributed by atoms with E-state index >= 15 is 0 Å². The summed E-state index contributed by atoms with van der Waals surface area (Å²) in [6, 6.07) is 9.70. The van der Waals surface area contributed by atoms with Crippen molar-refractivity contribution in [1.82, 2.24) is 4.98 Å². The number of nitrogens with zero attached hydrogens (tertiary/aromatic N) is 1. The Morgan fingerprint density at radius 3 is 2.03 bits per heavy atom. The SMILES string of the molecule is COc1nc(-c2cc(F)c(OC)c(F)c2)c(-c2ccc(S(C)(=O)=O)cc2)cc1CO. The molecule has 0 spiro atoms. The van der Waals surface area contributed by atoms with Crippen molar-refractivity contribution in [2.24, 2.45) is 0 Å². The number of halogens is 2. The molecule has 1 N–H and O–H groups in total. The molecular formula is C21H19F2NO5S. The number of pyridine rings is 1. The highest BCUT2D eigenvalue weighted by Crippen LogP contribution is 2.37. The van der Waals surface area contributed by atoms with E-state index in [4.69, 9.17) is 9.47 Å². The molecular weight excluding hydrogens is 416 g/mol. The van der Waals surface area contributed by atoms with E-state index in [0.29, 0.717) is 16.7 Å². The molecule has 158 valence electrons. The van der Waals surface area contributed by atoms with Gasteiger partial charge < -0.3 is 14.6 Å². The van der Waals surface area contributed by atoms with Gasteiger partial charge in [0.05, 0.1) is 31.4 Å². The van der Waals surface area contributed by atoms with Crippen molar-refractivity contribution in [3.8, 4) is 34.0 Å². The maximum Gasteiger partial charge on any atom is 0.219 e. The normalized spacial score (nSPS) is 11.4. The number of methoxy groups -OCH3 is 2. The van der Waals surface area contributed by atoms with Gasteiger partial charge in [0.1, 0.15) is 0 Å². The number of benzene rings is 2. The zero-order chi connectivity index (χ0) is 22.1. The predicted molar refractivity (Wildman–Crippen MR) is 107 cm³/mol. The number of hydrogen-bond acceptors (Lipinski definition) is 6. The Morgan fingerprint density at radius 2 is 1.57 bits per heavy atom. The fraction of sp³-hybridized carbons (Fsp3) is 0.190. The van der Waals surface area contributed by atoms with E-state index in [1.165, 1.54) is 19.2 Å². The summed E-state index contributed by atoms with van der Waals surface area (Å²) in [5, 5.41) is 9.65. The first-order valence-corrected chi connectivity index (χ1v) is 10.6. The number of aliphatic hydroxyl groups excluding tert-OH is 1. The van der Waals surface area contributed by atoms with Crippen LogP contribution in [0.5, 0.6) is 11.6 Å². The van der Waals surface area contributed by atoms with E-state index in [1.807, 2.05) is 0 Å².